The highest BCUT2D eigenvalue weighted by Gasteiger charge is 2.21. The van der Waals surface area contributed by atoms with E-state index in [0.29, 0.717) is 31.5 Å². The van der Waals surface area contributed by atoms with Crippen LogP contribution in [0.2, 0.25) is 0 Å². The lowest BCUT2D eigenvalue weighted by atomic mass is 10.1. The van der Waals surface area contributed by atoms with Crippen LogP contribution >= 0.6 is 0 Å². The number of hydrogen-bond acceptors (Lipinski definition) is 4. The van der Waals surface area contributed by atoms with E-state index in [0.717, 1.165) is 24.8 Å². The highest BCUT2D eigenvalue weighted by atomic mass is 16.5. The Hall–Kier alpha value is -3.35. The van der Waals surface area contributed by atoms with Gasteiger partial charge in [-0.25, -0.2) is 4.79 Å². The van der Waals surface area contributed by atoms with Gasteiger partial charge in [-0.1, -0.05) is 120 Å². The second kappa shape index (κ2) is 22.4. The second-order valence-corrected chi connectivity index (χ2v) is 10.7. The molecule has 0 spiro atoms. The van der Waals surface area contributed by atoms with Crippen molar-refractivity contribution >= 4 is 23.6 Å². The molecule has 3 N–H and O–H groups in total. The molecule has 0 aliphatic rings. The number of benzene rings is 2. The molecular formula is C34H51N3O4. The van der Waals surface area contributed by atoms with Crippen molar-refractivity contribution in [3.8, 4) is 0 Å². The molecule has 0 aliphatic heterocycles. The Labute approximate surface area is 247 Å². The van der Waals surface area contributed by atoms with E-state index in [9.17, 15) is 14.4 Å². The predicted molar refractivity (Wildman–Crippen MR) is 167 cm³/mol. The lowest BCUT2D eigenvalue weighted by molar-refractivity contribution is -0.121. The van der Waals surface area contributed by atoms with Crippen molar-refractivity contribution in [1.29, 1.82) is 0 Å². The quantitative estimate of drug-likeness (QED) is 0.126. The Morgan fingerprint density at radius 2 is 1.29 bits per heavy atom. The van der Waals surface area contributed by atoms with E-state index in [-0.39, 0.29) is 18.4 Å². The van der Waals surface area contributed by atoms with Gasteiger partial charge in [0, 0.05) is 18.7 Å². The zero-order chi connectivity index (χ0) is 29.4. The lowest BCUT2D eigenvalue weighted by Gasteiger charge is -2.18. The highest BCUT2D eigenvalue weighted by Crippen LogP contribution is 2.12. The predicted octanol–water partition coefficient (Wildman–Crippen LogP) is 7.91. The first-order chi connectivity index (χ1) is 20.1. The minimum Gasteiger partial charge on any atom is -0.445 e. The fourth-order valence-electron chi connectivity index (χ4n) is 4.67. The van der Waals surface area contributed by atoms with Crippen LogP contribution in [-0.4, -0.2) is 30.5 Å². The Morgan fingerprint density at radius 1 is 0.707 bits per heavy atom. The largest absolute Gasteiger partial charge is 0.445 e. The smallest absolute Gasteiger partial charge is 0.408 e. The number of rotatable bonds is 22. The summed E-state index contributed by atoms with van der Waals surface area (Å²) < 4.78 is 5.32. The second-order valence-electron chi connectivity index (χ2n) is 10.7. The summed E-state index contributed by atoms with van der Waals surface area (Å²) in [5.41, 5.74) is 1.54. The zero-order valence-corrected chi connectivity index (χ0v) is 25.0. The van der Waals surface area contributed by atoms with Gasteiger partial charge in [-0.15, -0.1) is 0 Å². The van der Waals surface area contributed by atoms with Crippen molar-refractivity contribution in [1.82, 2.24) is 10.6 Å². The summed E-state index contributed by atoms with van der Waals surface area (Å²) in [7, 11) is 0. The van der Waals surface area contributed by atoms with Gasteiger partial charge in [0.2, 0.25) is 11.8 Å². The normalized spacial score (nSPS) is 11.4. The molecule has 2 rings (SSSR count). The van der Waals surface area contributed by atoms with E-state index in [2.05, 4.69) is 22.9 Å². The fourth-order valence-corrected chi connectivity index (χ4v) is 4.67. The number of nitrogens with one attached hydrogen (secondary N) is 3. The number of hydrogen-bond donors (Lipinski definition) is 3. The van der Waals surface area contributed by atoms with E-state index >= 15 is 0 Å². The van der Waals surface area contributed by atoms with Crippen LogP contribution in [0.1, 0.15) is 109 Å². The molecule has 3 amide bonds. The van der Waals surface area contributed by atoms with Gasteiger partial charge in [0.15, 0.2) is 0 Å². The number of alkyl carbamates (subject to hydrolysis) is 1. The maximum absolute atomic E-state index is 12.9. The summed E-state index contributed by atoms with van der Waals surface area (Å²) >= 11 is 0. The number of carbonyl (C=O) groups is 3. The number of amides is 3. The Bertz CT molecular complexity index is 968. The Morgan fingerprint density at radius 3 is 1.93 bits per heavy atom. The number of ether oxygens (including phenoxy) is 1. The number of unbranched alkanes of at least 4 members (excludes halogenated alkanes) is 11. The van der Waals surface area contributed by atoms with Gasteiger partial charge in [-0.3, -0.25) is 9.59 Å². The van der Waals surface area contributed by atoms with Crippen LogP contribution in [0.4, 0.5) is 10.5 Å². The number of anilines is 1. The van der Waals surface area contributed by atoms with Crippen molar-refractivity contribution < 1.29 is 19.1 Å². The first-order valence-corrected chi connectivity index (χ1v) is 15.7. The maximum Gasteiger partial charge on any atom is 0.408 e. The van der Waals surface area contributed by atoms with Gasteiger partial charge in [0.05, 0.1) is 0 Å². The van der Waals surface area contributed by atoms with Crippen LogP contribution in [0.15, 0.2) is 60.7 Å². The minimum atomic E-state index is -0.745. The Kier molecular flexibility index (Phi) is 18.5. The molecule has 0 aromatic heterocycles. The average molecular weight is 566 g/mol. The summed E-state index contributed by atoms with van der Waals surface area (Å²) in [5, 5.41) is 8.55. The molecule has 0 heterocycles. The van der Waals surface area contributed by atoms with Crippen LogP contribution in [0, 0.1) is 0 Å². The van der Waals surface area contributed by atoms with E-state index in [1.54, 1.807) is 12.1 Å². The zero-order valence-electron chi connectivity index (χ0n) is 25.0. The first kappa shape index (κ1) is 33.9. The summed E-state index contributed by atoms with van der Waals surface area (Å²) in [4.78, 5) is 37.6. The third-order valence-corrected chi connectivity index (χ3v) is 7.11. The summed E-state index contributed by atoms with van der Waals surface area (Å²) in [6, 6.07) is 17.8. The molecule has 2 aromatic rings. The van der Waals surface area contributed by atoms with Gasteiger partial charge in [-0.2, -0.15) is 0 Å². The summed E-state index contributed by atoms with van der Waals surface area (Å²) in [5.74, 6) is -0.213. The van der Waals surface area contributed by atoms with Gasteiger partial charge in [-0.05, 0) is 43.4 Å². The molecule has 41 heavy (non-hydrogen) atoms. The third-order valence-electron chi connectivity index (χ3n) is 7.11. The third kappa shape index (κ3) is 17.2. The lowest BCUT2D eigenvalue weighted by Crippen LogP contribution is -2.44. The average Bonchev–Trinajstić information content (AvgIpc) is 2.99. The van der Waals surface area contributed by atoms with Crippen LogP contribution in [0.25, 0.3) is 0 Å². The molecule has 1 atom stereocenters. The van der Waals surface area contributed by atoms with Gasteiger partial charge < -0.3 is 20.7 Å². The van der Waals surface area contributed by atoms with Gasteiger partial charge in [0.25, 0.3) is 0 Å². The summed E-state index contributed by atoms with van der Waals surface area (Å²) in [6.45, 7) is 2.94. The van der Waals surface area contributed by atoms with E-state index in [4.69, 9.17) is 4.74 Å². The summed E-state index contributed by atoms with van der Waals surface area (Å²) in [6.07, 6.45) is 15.7. The molecular weight excluding hydrogens is 514 g/mol. The number of carbonyl (C=O) groups excluding carboxylic acids is 3. The molecule has 2 aromatic carbocycles. The van der Waals surface area contributed by atoms with Crippen LogP contribution in [-0.2, 0) is 20.9 Å². The standard InChI is InChI=1S/C34H51N3O4/c1-2-3-4-5-6-7-8-9-10-11-18-26-32(38)35-27-20-19-25-31(33(39)36-30-23-16-13-17-24-30)37-34(40)41-28-29-21-14-12-15-22-29/h12-17,21-24,31H,2-11,18-20,25-28H2,1H3,(H,35,38)(H,36,39)(H,37,40)/t31-/m0/s1. The molecule has 226 valence electrons. The molecule has 0 bridgehead atoms. The van der Waals surface area contributed by atoms with Crippen LogP contribution in [0.5, 0.6) is 0 Å². The molecule has 7 nitrogen and oxygen atoms in total. The molecule has 0 saturated carbocycles. The molecule has 0 fully saturated rings. The van der Waals surface area contributed by atoms with Crippen molar-refractivity contribution in [2.75, 3.05) is 11.9 Å². The SMILES string of the molecule is CCCCCCCCCCCCCC(=O)NCCCC[C@H](NC(=O)OCc1ccccc1)C(=O)Nc1ccccc1. The highest BCUT2D eigenvalue weighted by molar-refractivity contribution is 5.96. The van der Waals surface area contributed by atoms with Gasteiger partial charge >= 0.3 is 6.09 Å². The fraction of sp³-hybridized carbons (Fsp3) is 0.559. The van der Waals surface area contributed by atoms with Crippen molar-refractivity contribution in [3.05, 3.63) is 66.2 Å². The van der Waals surface area contributed by atoms with E-state index < -0.39 is 12.1 Å². The topological polar surface area (TPSA) is 96.5 Å². The first-order valence-electron chi connectivity index (χ1n) is 15.7. The molecule has 0 radical (unpaired) electrons. The van der Waals surface area contributed by atoms with Crippen molar-refractivity contribution in [2.45, 2.75) is 116 Å². The van der Waals surface area contributed by atoms with Crippen molar-refractivity contribution in [3.63, 3.8) is 0 Å². The molecule has 7 heteroatoms. The van der Waals surface area contributed by atoms with Crippen LogP contribution in [0.3, 0.4) is 0 Å². The van der Waals surface area contributed by atoms with E-state index in [1.165, 1.54) is 57.8 Å². The maximum atomic E-state index is 12.9. The van der Waals surface area contributed by atoms with Crippen LogP contribution < -0.4 is 16.0 Å². The Balaban J connectivity index is 1.61. The molecule has 0 unspecified atom stereocenters. The molecule has 0 aliphatic carbocycles. The molecule has 0 saturated heterocycles. The van der Waals surface area contributed by atoms with E-state index in [1.807, 2.05) is 48.5 Å². The minimum absolute atomic E-state index is 0.0851. The monoisotopic (exact) mass is 565 g/mol. The van der Waals surface area contributed by atoms with Gasteiger partial charge in [0.1, 0.15) is 12.6 Å². The number of para-hydroxylation sites is 1. The van der Waals surface area contributed by atoms with Crippen molar-refractivity contribution in [2.24, 2.45) is 0 Å².